The van der Waals surface area contributed by atoms with E-state index in [4.69, 9.17) is 0 Å². The first kappa shape index (κ1) is 11.8. The first-order chi connectivity index (χ1) is 7.94. The maximum Gasteiger partial charge on any atom is 0.259 e. The lowest BCUT2D eigenvalue weighted by molar-refractivity contribution is -0.142. The van der Waals surface area contributed by atoms with Gasteiger partial charge in [-0.3, -0.25) is 14.5 Å². The number of carbonyl (C=O) groups excluding carboxylic acids is 2. The molecule has 1 aromatic rings. The molecule has 1 aromatic carbocycles. The van der Waals surface area contributed by atoms with Crippen molar-refractivity contribution in [3.05, 3.63) is 35.9 Å². The van der Waals surface area contributed by atoms with Crippen LogP contribution in [0.5, 0.6) is 0 Å². The van der Waals surface area contributed by atoms with E-state index in [0.29, 0.717) is 0 Å². The fourth-order valence-electron chi connectivity index (χ4n) is 1.94. The number of imide groups is 1. The number of nitrogens with zero attached hydrogens (tertiary/aromatic N) is 1. The molecule has 2 rings (SSSR count). The van der Waals surface area contributed by atoms with Crippen LogP contribution in [0.1, 0.15) is 19.4 Å². The summed E-state index contributed by atoms with van der Waals surface area (Å²) in [6, 6.07) is 9.26. The average molecular weight is 233 g/mol. The number of hydrogen-bond acceptors (Lipinski definition) is 3. The van der Waals surface area contributed by atoms with Gasteiger partial charge < -0.3 is 5.11 Å². The molecule has 0 aromatic heterocycles. The number of aliphatic hydroxyl groups excluding tert-OH is 1. The van der Waals surface area contributed by atoms with Gasteiger partial charge in [0.1, 0.15) is 6.10 Å². The van der Waals surface area contributed by atoms with Crippen LogP contribution in [-0.4, -0.2) is 27.9 Å². The van der Waals surface area contributed by atoms with Crippen LogP contribution >= 0.6 is 0 Å². The molecule has 1 aliphatic rings. The van der Waals surface area contributed by atoms with Crippen molar-refractivity contribution in [2.45, 2.75) is 26.5 Å². The van der Waals surface area contributed by atoms with Gasteiger partial charge in [0.15, 0.2) is 0 Å². The molecule has 1 N–H and O–H groups in total. The minimum Gasteiger partial charge on any atom is -0.382 e. The van der Waals surface area contributed by atoms with Crippen molar-refractivity contribution < 1.29 is 14.7 Å². The van der Waals surface area contributed by atoms with Crippen LogP contribution in [0.4, 0.5) is 0 Å². The van der Waals surface area contributed by atoms with E-state index in [0.717, 1.165) is 10.5 Å². The number of hydrogen-bond donors (Lipinski definition) is 1. The zero-order chi connectivity index (χ0) is 12.6. The van der Waals surface area contributed by atoms with E-state index >= 15 is 0 Å². The highest BCUT2D eigenvalue weighted by Gasteiger charge is 2.52. The van der Waals surface area contributed by atoms with Gasteiger partial charge in [-0.25, -0.2) is 0 Å². The van der Waals surface area contributed by atoms with Gasteiger partial charge in [0.05, 0.1) is 12.0 Å². The first-order valence-electron chi connectivity index (χ1n) is 5.52. The Morgan fingerprint density at radius 3 is 2.29 bits per heavy atom. The molecule has 17 heavy (non-hydrogen) atoms. The molecule has 1 fully saturated rings. The zero-order valence-corrected chi connectivity index (χ0v) is 9.88. The third kappa shape index (κ3) is 1.85. The summed E-state index contributed by atoms with van der Waals surface area (Å²) in [6.45, 7) is 3.39. The summed E-state index contributed by atoms with van der Waals surface area (Å²) in [4.78, 5) is 24.9. The monoisotopic (exact) mass is 233 g/mol. The second-order valence-corrected chi connectivity index (χ2v) is 4.84. The minimum absolute atomic E-state index is 0.221. The lowest BCUT2D eigenvalue weighted by Crippen LogP contribution is -2.32. The van der Waals surface area contributed by atoms with E-state index in [1.807, 2.05) is 30.3 Å². The first-order valence-corrected chi connectivity index (χ1v) is 5.52. The molecule has 1 aliphatic heterocycles. The van der Waals surface area contributed by atoms with E-state index in [-0.39, 0.29) is 12.5 Å². The van der Waals surface area contributed by atoms with Crippen molar-refractivity contribution >= 4 is 11.8 Å². The van der Waals surface area contributed by atoms with E-state index in [9.17, 15) is 14.7 Å². The van der Waals surface area contributed by atoms with Gasteiger partial charge in [0.2, 0.25) is 5.91 Å². The van der Waals surface area contributed by atoms with E-state index in [2.05, 4.69) is 0 Å². The molecule has 0 spiro atoms. The Morgan fingerprint density at radius 2 is 1.82 bits per heavy atom. The van der Waals surface area contributed by atoms with Crippen LogP contribution in [0.15, 0.2) is 30.3 Å². The van der Waals surface area contributed by atoms with Gasteiger partial charge in [-0.05, 0) is 19.4 Å². The molecule has 4 nitrogen and oxygen atoms in total. The predicted octanol–water partition coefficient (Wildman–Crippen LogP) is 0.942. The molecule has 90 valence electrons. The predicted molar refractivity (Wildman–Crippen MR) is 61.8 cm³/mol. The Hall–Kier alpha value is -1.68. The standard InChI is InChI=1S/C13H15NO3/c1-13(2)10(15)11(16)14(12(13)17)8-9-6-4-3-5-7-9/h3-7,10,15H,8H2,1-2H3/t10-/m0/s1. The van der Waals surface area contributed by atoms with Crippen molar-refractivity contribution in [3.63, 3.8) is 0 Å². The van der Waals surface area contributed by atoms with Crippen LogP contribution in [0.2, 0.25) is 0 Å². The molecule has 1 saturated heterocycles. The zero-order valence-electron chi connectivity index (χ0n) is 9.88. The molecule has 4 heteroatoms. The highest BCUT2D eigenvalue weighted by atomic mass is 16.3. The van der Waals surface area contributed by atoms with Gasteiger partial charge in [0.25, 0.3) is 5.91 Å². The van der Waals surface area contributed by atoms with Gasteiger partial charge in [-0.1, -0.05) is 30.3 Å². The molecular weight excluding hydrogens is 218 g/mol. The van der Waals surface area contributed by atoms with Gasteiger partial charge in [-0.15, -0.1) is 0 Å². The molecule has 0 aliphatic carbocycles. The molecule has 0 radical (unpaired) electrons. The molecule has 1 heterocycles. The highest BCUT2D eigenvalue weighted by molar-refractivity contribution is 6.08. The number of aliphatic hydroxyl groups is 1. The largest absolute Gasteiger partial charge is 0.382 e. The normalized spacial score (nSPS) is 23.2. The number of amides is 2. The molecule has 0 unspecified atom stereocenters. The Labute approximate surface area is 99.9 Å². The number of benzene rings is 1. The summed E-state index contributed by atoms with van der Waals surface area (Å²) in [6.07, 6.45) is -1.24. The molecule has 1 atom stereocenters. The third-order valence-electron chi connectivity index (χ3n) is 3.16. The van der Waals surface area contributed by atoms with E-state index < -0.39 is 17.4 Å². The van der Waals surface area contributed by atoms with Crippen LogP contribution < -0.4 is 0 Å². The summed E-state index contributed by atoms with van der Waals surface area (Å²) in [5, 5.41) is 9.73. The maximum absolute atomic E-state index is 12.0. The Balaban J connectivity index is 2.24. The fraction of sp³-hybridized carbons (Fsp3) is 0.385. The van der Waals surface area contributed by atoms with Crippen molar-refractivity contribution in [1.29, 1.82) is 0 Å². The number of rotatable bonds is 2. The summed E-state index contributed by atoms with van der Waals surface area (Å²) < 4.78 is 0. The van der Waals surface area contributed by atoms with Gasteiger partial charge in [-0.2, -0.15) is 0 Å². The lowest BCUT2D eigenvalue weighted by Gasteiger charge is -2.18. The smallest absolute Gasteiger partial charge is 0.259 e. The van der Waals surface area contributed by atoms with Crippen LogP contribution in [-0.2, 0) is 16.1 Å². The van der Waals surface area contributed by atoms with Crippen molar-refractivity contribution in [1.82, 2.24) is 4.90 Å². The van der Waals surface area contributed by atoms with Crippen LogP contribution in [0.3, 0.4) is 0 Å². The fourth-order valence-corrected chi connectivity index (χ4v) is 1.94. The van der Waals surface area contributed by atoms with Crippen LogP contribution in [0, 0.1) is 5.41 Å². The number of carbonyl (C=O) groups is 2. The van der Waals surface area contributed by atoms with E-state index in [1.165, 1.54) is 0 Å². The summed E-state index contributed by atoms with van der Waals surface area (Å²) >= 11 is 0. The van der Waals surface area contributed by atoms with Crippen molar-refractivity contribution in [2.75, 3.05) is 0 Å². The highest BCUT2D eigenvalue weighted by Crippen LogP contribution is 2.32. The summed E-state index contributed by atoms with van der Waals surface area (Å²) in [5.74, 6) is -0.831. The lowest BCUT2D eigenvalue weighted by atomic mass is 9.89. The van der Waals surface area contributed by atoms with Gasteiger partial charge in [0, 0.05) is 0 Å². The molecule has 0 saturated carbocycles. The number of likely N-dealkylation sites (tertiary alicyclic amines) is 1. The molecule has 0 bridgehead atoms. The SMILES string of the molecule is CC1(C)C(=O)N(Cc2ccccc2)C(=O)[C@@H]1O. The Bertz CT molecular complexity index is 453. The Kier molecular flexibility index (Phi) is 2.75. The van der Waals surface area contributed by atoms with Crippen LogP contribution in [0.25, 0.3) is 0 Å². The maximum atomic E-state index is 12.0. The third-order valence-corrected chi connectivity index (χ3v) is 3.16. The quantitative estimate of drug-likeness (QED) is 0.773. The minimum atomic E-state index is -1.24. The average Bonchev–Trinajstić information content (AvgIpc) is 2.46. The molecule has 2 amide bonds. The second kappa shape index (κ2) is 3.96. The van der Waals surface area contributed by atoms with Crippen molar-refractivity contribution in [2.24, 2.45) is 5.41 Å². The molecular formula is C13H15NO3. The summed E-state index contributed by atoms with van der Waals surface area (Å²) in [7, 11) is 0. The van der Waals surface area contributed by atoms with Gasteiger partial charge >= 0.3 is 0 Å². The topological polar surface area (TPSA) is 57.6 Å². The van der Waals surface area contributed by atoms with E-state index in [1.54, 1.807) is 13.8 Å². The van der Waals surface area contributed by atoms with Crippen molar-refractivity contribution in [3.8, 4) is 0 Å². The summed E-state index contributed by atoms with van der Waals surface area (Å²) in [5.41, 5.74) is -0.148. The Morgan fingerprint density at radius 1 is 1.24 bits per heavy atom. The second-order valence-electron chi connectivity index (χ2n) is 4.84.